The molecular formula is C16H23FN2. The van der Waals surface area contributed by atoms with Crippen molar-refractivity contribution in [2.45, 2.75) is 32.7 Å². The molecule has 1 atom stereocenters. The fourth-order valence-electron chi connectivity index (χ4n) is 2.57. The van der Waals surface area contributed by atoms with Gasteiger partial charge in [0.05, 0.1) is 0 Å². The van der Waals surface area contributed by atoms with Gasteiger partial charge in [0, 0.05) is 24.8 Å². The van der Waals surface area contributed by atoms with Gasteiger partial charge in [0.2, 0.25) is 0 Å². The van der Waals surface area contributed by atoms with Crippen LogP contribution in [0.25, 0.3) is 0 Å². The van der Waals surface area contributed by atoms with Crippen molar-refractivity contribution in [2.24, 2.45) is 0 Å². The minimum Gasteiger partial charge on any atom is -0.381 e. The minimum atomic E-state index is -0.178. The van der Waals surface area contributed by atoms with Gasteiger partial charge in [-0.25, -0.2) is 4.39 Å². The van der Waals surface area contributed by atoms with E-state index in [1.165, 1.54) is 18.1 Å². The van der Waals surface area contributed by atoms with Crippen molar-refractivity contribution < 1.29 is 4.39 Å². The highest BCUT2D eigenvalue weighted by Gasteiger charge is 2.19. The normalized spacial score (nSPS) is 21.4. The van der Waals surface area contributed by atoms with Gasteiger partial charge in [-0.3, -0.25) is 4.90 Å². The standard InChI is InChI=1S/C16H23FN2/c1-3-13(2)11-19-9-5-8-16(12-19)18-15-7-4-6-14(17)10-15/h3-4,6-7,10,16,18H,5,8-9,11-12H2,1-2H3/b13-3+. The van der Waals surface area contributed by atoms with E-state index in [9.17, 15) is 4.39 Å². The Labute approximate surface area is 115 Å². The number of halogens is 1. The van der Waals surface area contributed by atoms with Crippen LogP contribution >= 0.6 is 0 Å². The van der Waals surface area contributed by atoms with Gasteiger partial charge in [0.15, 0.2) is 0 Å². The Hall–Kier alpha value is -1.35. The van der Waals surface area contributed by atoms with E-state index in [1.807, 2.05) is 6.07 Å². The van der Waals surface area contributed by atoms with E-state index < -0.39 is 0 Å². The maximum absolute atomic E-state index is 13.2. The van der Waals surface area contributed by atoms with Crippen LogP contribution in [0.15, 0.2) is 35.9 Å². The summed E-state index contributed by atoms with van der Waals surface area (Å²) in [6, 6.07) is 7.14. The first-order valence-corrected chi connectivity index (χ1v) is 7.03. The molecule has 19 heavy (non-hydrogen) atoms. The number of piperidine rings is 1. The van der Waals surface area contributed by atoms with Crippen LogP contribution in [-0.4, -0.2) is 30.6 Å². The molecule has 1 aliphatic heterocycles. The Morgan fingerprint density at radius 2 is 2.37 bits per heavy atom. The molecule has 1 fully saturated rings. The molecule has 1 aromatic carbocycles. The molecule has 3 heteroatoms. The van der Waals surface area contributed by atoms with Crippen molar-refractivity contribution in [1.82, 2.24) is 4.90 Å². The third-order valence-electron chi connectivity index (χ3n) is 3.67. The van der Waals surface area contributed by atoms with Crippen LogP contribution < -0.4 is 5.32 Å². The lowest BCUT2D eigenvalue weighted by atomic mass is 10.0. The molecule has 0 aromatic heterocycles. The van der Waals surface area contributed by atoms with Gasteiger partial charge in [0.25, 0.3) is 0 Å². The first-order valence-electron chi connectivity index (χ1n) is 7.03. The van der Waals surface area contributed by atoms with Crippen molar-refractivity contribution in [2.75, 3.05) is 25.0 Å². The lowest BCUT2D eigenvalue weighted by Gasteiger charge is -2.33. The highest BCUT2D eigenvalue weighted by Crippen LogP contribution is 2.17. The van der Waals surface area contributed by atoms with Crippen LogP contribution in [0.4, 0.5) is 10.1 Å². The van der Waals surface area contributed by atoms with E-state index >= 15 is 0 Å². The fourth-order valence-corrected chi connectivity index (χ4v) is 2.57. The van der Waals surface area contributed by atoms with Crippen LogP contribution in [0.3, 0.4) is 0 Å². The maximum Gasteiger partial charge on any atom is 0.125 e. The summed E-state index contributed by atoms with van der Waals surface area (Å²) in [5, 5.41) is 3.44. The SMILES string of the molecule is C/C=C(\C)CN1CCCC(Nc2cccc(F)c2)C1. The molecule has 0 aliphatic carbocycles. The number of nitrogens with zero attached hydrogens (tertiary/aromatic N) is 1. The molecule has 1 unspecified atom stereocenters. The highest BCUT2D eigenvalue weighted by atomic mass is 19.1. The van der Waals surface area contributed by atoms with Crippen LogP contribution in [0.2, 0.25) is 0 Å². The largest absolute Gasteiger partial charge is 0.381 e. The second kappa shape index (κ2) is 6.71. The summed E-state index contributed by atoms with van der Waals surface area (Å²) < 4.78 is 13.2. The summed E-state index contributed by atoms with van der Waals surface area (Å²) in [5.41, 5.74) is 2.29. The molecule has 0 amide bonds. The first kappa shape index (κ1) is 14.1. The number of anilines is 1. The highest BCUT2D eigenvalue weighted by molar-refractivity contribution is 5.44. The number of allylic oxidation sites excluding steroid dienone is 1. The molecule has 0 bridgehead atoms. The van der Waals surface area contributed by atoms with Crippen LogP contribution in [-0.2, 0) is 0 Å². The lowest BCUT2D eigenvalue weighted by Crippen LogP contribution is -2.42. The molecule has 1 N–H and O–H groups in total. The first-order chi connectivity index (χ1) is 9.17. The number of rotatable bonds is 4. The topological polar surface area (TPSA) is 15.3 Å². The predicted molar refractivity (Wildman–Crippen MR) is 78.9 cm³/mol. The molecular weight excluding hydrogens is 239 g/mol. The van der Waals surface area contributed by atoms with Gasteiger partial charge in [-0.2, -0.15) is 0 Å². The van der Waals surface area contributed by atoms with Crippen LogP contribution in [0.1, 0.15) is 26.7 Å². The molecule has 2 nitrogen and oxygen atoms in total. The van der Waals surface area contributed by atoms with E-state index in [1.54, 1.807) is 12.1 Å². The molecule has 1 aromatic rings. The smallest absolute Gasteiger partial charge is 0.125 e. The Balaban J connectivity index is 1.90. The number of likely N-dealkylation sites (tertiary alicyclic amines) is 1. The zero-order valence-electron chi connectivity index (χ0n) is 11.8. The Morgan fingerprint density at radius 3 is 3.11 bits per heavy atom. The van der Waals surface area contributed by atoms with Crippen LogP contribution in [0, 0.1) is 5.82 Å². The average Bonchev–Trinajstić information content (AvgIpc) is 2.39. The zero-order valence-corrected chi connectivity index (χ0v) is 11.8. The van der Waals surface area contributed by atoms with E-state index in [-0.39, 0.29) is 5.82 Å². The lowest BCUT2D eigenvalue weighted by molar-refractivity contribution is 0.232. The van der Waals surface area contributed by atoms with Crippen molar-refractivity contribution in [3.63, 3.8) is 0 Å². The summed E-state index contributed by atoms with van der Waals surface area (Å²) in [5.74, 6) is -0.178. The van der Waals surface area contributed by atoms with Gasteiger partial charge in [-0.1, -0.05) is 17.7 Å². The quantitative estimate of drug-likeness (QED) is 0.833. The summed E-state index contributed by atoms with van der Waals surface area (Å²) in [6.07, 6.45) is 4.52. The Morgan fingerprint density at radius 1 is 1.53 bits per heavy atom. The number of hydrogen-bond donors (Lipinski definition) is 1. The zero-order chi connectivity index (χ0) is 13.7. The molecule has 1 aliphatic rings. The monoisotopic (exact) mass is 262 g/mol. The number of nitrogens with one attached hydrogen (secondary N) is 1. The third kappa shape index (κ3) is 4.35. The van der Waals surface area contributed by atoms with E-state index in [0.29, 0.717) is 6.04 Å². The van der Waals surface area contributed by atoms with Crippen molar-refractivity contribution in [3.05, 3.63) is 41.7 Å². The molecule has 1 heterocycles. The number of hydrogen-bond acceptors (Lipinski definition) is 2. The van der Waals surface area contributed by atoms with Gasteiger partial charge in [-0.15, -0.1) is 0 Å². The molecule has 2 rings (SSSR count). The van der Waals surface area contributed by atoms with Gasteiger partial charge < -0.3 is 5.32 Å². The molecule has 1 saturated heterocycles. The minimum absolute atomic E-state index is 0.178. The summed E-state index contributed by atoms with van der Waals surface area (Å²) in [7, 11) is 0. The summed E-state index contributed by atoms with van der Waals surface area (Å²) in [6.45, 7) is 7.48. The van der Waals surface area contributed by atoms with Crippen molar-refractivity contribution >= 4 is 5.69 Å². The van der Waals surface area contributed by atoms with Crippen molar-refractivity contribution in [3.8, 4) is 0 Å². The molecule has 0 saturated carbocycles. The van der Waals surface area contributed by atoms with Crippen LogP contribution in [0.5, 0.6) is 0 Å². The fraction of sp³-hybridized carbons (Fsp3) is 0.500. The van der Waals surface area contributed by atoms with Crippen molar-refractivity contribution in [1.29, 1.82) is 0 Å². The second-order valence-electron chi connectivity index (χ2n) is 5.36. The van der Waals surface area contributed by atoms with E-state index in [4.69, 9.17) is 0 Å². The van der Waals surface area contributed by atoms with E-state index in [0.717, 1.165) is 31.7 Å². The maximum atomic E-state index is 13.2. The predicted octanol–water partition coefficient (Wildman–Crippen LogP) is 3.67. The molecule has 0 spiro atoms. The van der Waals surface area contributed by atoms with Gasteiger partial charge in [-0.05, 0) is 51.4 Å². The Bertz CT molecular complexity index is 442. The average molecular weight is 262 g/mol. The summed E-state index contributed by atoms with van der Waals surface area (Å²) in [4.78, 5) is 2.47. The van der Waals surface area contributed by atoms with E-state index in [2.05, 4.69) is 30.1 Å². The molecule has 0 radical (unpaired) electrons. The number of benzene rings is 1. The molecule has 104 valence electrons. The van der Waals surface area contributed by atoms with Gasteiger partial charge >= 0.3 is 0 Å². The second-order valence-corrected chi connectivity index (χ2v) is 5.36. The Kier molecular flexibility index (Phi) is 4.97. The van der Waals surface area contributed by atoms with Gasteiger partial charge in [0.1, 0.15) is 5.82 Å². The third-order valence-corrected chi connectivity index (χ3v) is 3.67. The summed E-state index contributed by atoms with van der Waals surface area (Å²) >= 11 is 0.